The molecular weight excluding hydrogens is 514 g/mol. The Morgan fingerprint density at radius 2 is 1.69 bits per heavy atom. The summed E-state index contributed by atoms with van der Waals surface area (Å²) in [6.45, 7) is 7.13. The van der Waals surface area contributed by atoms with Crippen molar-refractivity contribution in [3.05, 3.63) is 70.2 Å². The van der Waals surface area contributed by atoms with E-state index in [4.69, 9.17) is 0 Å². The van der Waals surface area contributed by atoms with Gasteiger partial charge in [-0.15, -0.1) is 5.10 Å². The van der Waals surface area contributed by atoms with E-state index >= 15 is 0 Å². The van der Waals surface area contributed by atoms with Gasteiger partial charge in [0, 0.05) is 57.9 Å². The largest absolute Gasteiger partial charge is 0.368 e. The van der Waals surface area contributed by atoms with Crippen LogP contribution in [0.15, 0.2) is 48.5 Å². The molecule has 2 N–H and O–H groups in total. The maximum absolute atomic E-state index is 13.2. The Bertz CT molecular complexity index is 1320. The average Bonchev–Trinajstić information content (AvgIpc) is 3.24. The number of amides is 3. The summed E-state index contributed by atoms with van der Waals surface area (Å²) in [4.78, 5) is 45.8. The molecule has 11 heteroatoms. The number of aromatic nitrogens is 2. The van der Waals surface area contributed by atoms with Crippen molar-refractivity contribution >= 4 is 40.6 Å². The first-order valence-electron chi connectivity index (χ1n) is 13.3. The lowest BCUT2D eigenvalue weighted by atomic mass is 10.1. The van der Waals surface area contributed by atoms with Crippen molar-refractivity contribution in [2.24, 2.45) is 0 Å². The second-order valence-electron chi connectivity index (χ2n) is 9.80. The first kappa shape index (κ1) is 26.8. The molecule has 0 spiro atoms. The molecule has 1 aromatic heterocycles. The molecule has 10 nitrogen and oxygen atoms in total. The minimum atomic E-state index is -0.144. The van der Waals surface area contributed by atoms with Crippen molar-refractivity contribution < 1.29 is 14.4 Å². The zero-order valence-corrected chi connectivity index (χ0v) is 22.9. The molecule has 2 fully saturated rings. The Hall–Kier alpha value is -3.83. The highest BCUT2D eigenvalue weighted by atomic mass is 32.1. The molecule has 2 aliphatic rings. The fourth-order valence-electron chi connectivity index (χ4n) is 5.00. The van der Waals surface area contributed by atoms with Gasteiger partial charge in [-0.25, -0.2) is 0 Å². The predicted molar refractivity (Wildman–Crippen MR) is 151 cm³/mol. The summed E-state index contributed by atoms with van der Waals surface area (Å²) < 4.78 is 3.91. The molecule has 0 unspecified atom stereocenters. The van der Waals surface area contributed by atoms with Gasteiger partial charge < -0.3 is 25.3 Å². The van der Waals surface area contributed by atoms with E-state index in [2.05, 4.69) is 25.1 Å². The predicted octanol–water partition coefficient (Wildman–Crippen LogP) is 2.43. The molecule has 3 heterocycles. The lowest BCUT2D eigenvalue weighted by molar-refractivity contribution is -0.115. The molecule has 2 aromatic carbocycles. The van der Waals surface area contributed by atoms with Crippen molar-refractivity contribution in [3.8, 4) is 0 Å². The number of anilines is 2. The van der Waals surface area contributed by atoms with Crippen LogP contribution in [-0.4, -0.2) is 89.5 Å². The molecular formula is C28H33N7O3S. The molecule has 2 saturated heterocycles. The lowest BCUT2D eigenvalue weighted by Crippen LogP contribution is -2.46. The van der Waals surface area contributed by atoms with Crippen LogP contribution in [-0.2, 0) is 11.2 Å². The van der Waals surface area contributed by atoms with Gasteiger partial charge in [0.2, 0.25) is 5.91 Å². The molecule has 204 valence electrons. The van der Waals surface area contributed by atoms with E-state index in [-0.39, 0.29) is 24.1 Å². The van der Waals surface area contributed by atoms with Crippen molar-refractivity contribution in [2.75, 3.05) is 62.6 Å². The highest BCUT2D eigenvalue weighted by molar-refractivity contribution is 7.07. The molecule has 0 radical (unpaired) electrons. The number of hydrogen-bond donors (Lipinski definition) is 2. The Balaban J connectivity index is 1.36. The van der Waals surface area contributed by atoms with Gasteiger partial charge in [-0.3, -0.25) is 14.4 Å². The van der Waals surface area contributed by atoms with Crippen molar-refractivity contribution in [2.45, 2.75) is 19.8 Å². The monoisotopic (exact) mass is 547 g/mol. The van der Waals surface area contributed by atoms with Crippen molar-refractivity contribution in [1.82, 2.24) is 24.7 Å². The smallest absolute Gasteiger partial charge is 0.267 e. The van der Waals surface area contributed by atoms with Crippen LogP contribution in [0.4, 0.5) is 11.4 Å². The maximum atomic E-state index is 13.2. The molecule has 39 heavy (non-hydrogen) atoms. The van der Waals surface area contributed by atoms with E-state index in [9.17, 15) is 14.4 Å². The van der Waals surface area contributed by atoms with E-state index in [1.54, 1.807) is 13.0 Å². The first-order valence-corrected chi connectivity index (χ1v) is 14.1. The fraction of sp³-hybridized carbons (Fsp3) is 0.393. The second-order valence-corrected chi connectivity index (χ2v) is 10.6. The SMILES string of the molecule is Cc1nnsc1C(=O)N1CCCN(c2ccc(C(=O)N3CCNCC3)cc2NC(=O)Cc2ccccc2)CC1. The van der Waals surface area contributed by atoms with Gasteiger partial charge in [-0.2, -0.15) is 0 Å². The van der Waals surface area contributed by atoms with Gasteiger partial charge in [-0.05, 0) is 48.6 Å². The molecule has 2 aliphatic heterocycles. The number of carbonyl (C=O) groups excluding carboxylic acids is 3. The summed E-state index contributed by atoms with van der Waals surface area (Å²) in [6.07, 6.45) is 1.01. The highest BCUT2D eigenvalue weighted by Gasteiger charge is 2.26. The Labute approximate surface area is 232 Å². The third-order valence-corrected chi connectivity index (χ3v) is 7.91. The van der Waals surface area contributed by atoms with Crippen LogP contribution >= 0.6 is 11.5 Å². The number of piperazine rings is 1. The quantitative estimate of drug-likeness (QED) is 0.488. The van der Waals surface area contributed by atoms with E-state index in [0.717, 1.165) is 48.8 Å². The number of benzene rings is 2. The molecule has 3 amide bonds. The van der Waals surface area contributed by atoms with Gasteiger partial charge in [-0.1, -0.05) is 34.8 Å². The minimum Gasteiger partial charge on any atom is -0.368 e. The number of nitrogens with one attached hydrogen (secondary N) is 2. The fourth-order valence-corrected chi connectivity index (χ4v) is 5.63. The summed E-state index contributed by atoms with van der Waals surface area (Å²) in [6, 6.07) is 15.1. The number of nitrogens with zero attached hydrogens (tertiary/aromatic N) is 5. The third-order valence-electron chi connectivity index (χ3n) is 7.10. The normalized spacial score (nSPS) is 16.1. The number of carbonyl (C=O) groups is 3. The number of rotatable bonds is 6. The Kier molecular flexibility index (Phi) is 8.48. The summed E-state index contributed by atoms with van der Waals surface area (Å²) in [5.74, 6) is -0.227. The van der Waals surface area contributed by atoms with Crippen LogP contribution in [0.25, 0.3) is 0 Å². The zero-order valence-electron chi connectivity index (χ0n) is 22.1. The first-order chi connectivity index (χ1) is 19.0. The summed E-state index contributed by atoms with van der Waals surface area (Å²) in [5, 5.41) is 10.3. The summed E-state index contributed by atoms with van der Waals surface area (Å²) in [5.41, 5.74) is 3.58. The van der Waals surface area contributed by atoms with Gasteiger partial charge in [0.25, 0.3) is 11.8 Å². The molecule has 0 bridgehead atoms. The van der Waals surface area contributed by atoms with Crippen LogP contribution in [0, 0.1) is 6.92 Å². The molecule has 0 saturated carbocycles. The maximum Gasteiger partial charge on any atom is 0.267 e. The Morgan fingerprint density at radius 1 is 0.923 bits per heavy atom. The average molecular weight is 548 g/mol. The van der Waals surface area contributed by atoms with Crippen LogP contribution in [0.3, 0.4) is 0 Å². The van der Waals surface area contributed by atoms with Gasteiger partial charge in [0.15, 0.2) is 0 Å². The third kappa shape index (κ3) is 6.43. The second kappa shape index (κ2) is 12.4. The van der Waals surface area contributed by atoms with E-state index in [1.807, 2.05) is 52.3 Å². The van der Waals surface area contributed by atoms with Crippen LogP contribution in [0.5, 0.6) is 0 Å². The Morgan fingerprint density at radius 3 is 2.44 bits per heavy atom. The number of aryl methyl sites for hydroxylation is 1. The molecule has 0 atom stereocenters. The van der Waals surface area contributed by atoms with Crippen LogP contribution < -0.4 is 15.5 Å². The standard InChI is InChI=1S/C28H33N7O3S/c1-20-26(39-32-31-20)28(38)34-13-5-12-33(16-17-34)24-9-8-22(27(37)35-14-10-29-11-15-35)19-23(24)30-25(36)18-21-6-3-2-4-7-21/h2-4,6-9,19,29H,5,10-18H2,1H3,(H,30,36). The summed E-state index contributed by atoms with van der Waals surface area (Å²) >= 11 is 1.13. The molecule has 0 aliphatic carbocycles. The van der Waals surface area contributed by atoms with Gasteiger partial charge >= 0.3 is 0 Å². The van der Waals surface area contributed by atoms with Crippen molar-refractivity contribution in [3.63, 3.8) is 0 Å². The van der Waals surface area contributed by atoms with Crippen LogP contribution in [0.1, 0.15) is 37.7 Å². The zero-order chi connectivity index (χ0) is 27.2. The van der Waals surface area contributed by atoms with E-state index < -0.39 is 0 Å². The minimum absolute atomic E-state index is 0.0391. The topological polar surface area (TPSA) is 111 Å². The lowest BCUT2D eigenvalue weighted by Gasteiger charge is -2.29. The van der Waals surface area contributed by atoms with Gasteiger partial charge in [0.1, 0.15) is 4.88 Å². The van der Waals surface area contributed by atoms with E-state index in [0.29, 0.717) is 54.5 Å². The molecule has 3 aromatic rings. The van der Waals surface area contributed by atoms with Gasteiger partial charge in [0.05, 0.1) is 23.5 Å². The molecule has 5 rings (SSSR count). The van der Waals surface area contributed by atoms with Crippen LogP contribution in [0.2, 0.25) is 0 Å². The number of hydrogen-bond acceptors (Lipinski definition) is 8. The van der Waals surface area contributed by atoms with Crippen molar-refractivity contribution in [1.29, 1.82) is 0 Å². The summed E-state index contributed by atoms with van der Waals surface area (Å²) in [7, 11) is 0. The van der Waals surface area contributed by atoms with E-state index in [1.165, 1.54) is 0 Å². The highest BCUT2D eigenvalue weighted by Crippen LogP contribution is 2.30.